The normalized spacial score (nSPS) is 12.1. The fraction of sp³-hybridized carbons (Fsp3) is 0.389. The van der Waals surface area contributed by atoms with Gasteiger partial charge in [-0.3, -0.25) is 0 Å². The van der Waals surface area contributed by atoms with Crippen molar-refractivity contribution in [2.75, 3.05) is 12.3 Å². The third-order valence-corrected chi connectivity index (χ3v) is 4.32. The Labute approximate surface area is 153 Å². The lowest BCUT2D eigenvalue weighted by atomic mass is 10.2. The number of nitrogen functional groups attached to an aromatic ring is 1. The van der Waals surface area contributed by atoms with Crippen molar-refractivity contribution >= 4 is 23.0 Å². The third kappa shape index (κ3) is 5.94. The lowest BCUT2D eigenvalue weighted by Crippen LogP contribution is -2.23. The number of halogens is 3. The van der Waals surface area contributed by atoms with Crippen molar-refractivity contribution in [3.63, 3.8) is 0 Å². The third-order valence-electron chi connectivity index (χ3n) is 3.14. The van der Waals surface area contributed by atoms with Gasteiger partial charge in [0.2, 0.25) is 0 Å². The summed E-state index contributed by atoms with van der Waals surface area (Å²) >= 11 is 1.20. The summed E-state index contributed by atoms with van der Waals surface area (Å²) in [7, 11) is 0. The summed E-state index contributed by atoms with van der Waals surface area (Å²) in [5, 5.41) is 0. The number of nitrogens with two attached hydrogens (primary N) is 1. The summed E-state index contributed by atoms with van der Waals surface area (Å²) < 4.78 is 46.8. The van der Waals surface area contributed by atoms with E-state index in [0.717, 1.165) is 10.4 Å². The molecule has 26 heavy (non-hydrogen) atoms. The highest BCUT2D eigenvalue weighted by Gasteiger charge is 2.27. The molecule has 0 fully saturated rings. The molecule has 0 aliphatic rings. The molecule has 0 atom stereocenters. The molecule has 2 aromatic rings. The Kier molecular flexibility index (Phi) is 5.85. The zero-order valence-corrected chi connectivity index (χ0v) is 15.5. The molecule has 0 unspecified atom stereocenters. The van der Waals surface area contributed by atoms with Crippen LogP contribution in [0.5, 0.6) is 5.75 Å². The van der Waals surface area contributed by atoms with Gasteiger partial charge in [0.1, 0.15) is 16.2 Å². The maximum absolute atomic E-state index is 12.2. The summed E-state index contributed by atoms with van der Waals surface area (Å²) in [5.41, 5.74) is 6.39. The van der Waals surface area contributed by atoms with E-state index in [1.165, 1.54) is 11.3 Å². The minimum atomic E-state index is -4.24. The summed E-state index contributed by atoms with van der Waals surface area (Å²) in [4.78, 5) is 13.3. The Morgan fingerprint density at radius 2 is 1.77 bits per heavy atom. The molecule has 0 aliphatic carbocycles. The second kappa shape index (κ2) is 7.57. The first kappa shape index (κ1) is 20.1. The van der Waals surface area contributed by atoms with Crippen LogP contribution in [-0.2, 0) is 4.74 Å². The standard InChI is InChI=1S/C18H20F3NO3S/c1-17(2,3)25-16(23)15-13(22)10-14(26-15)11-4-6-12(7-5-11)24-9-8-18(19,20)21/h4-7,10H,8-9,22H2,1-3H3. The number of anilines is 1. The number of rotatable bonds is 5. The molecule has 1 aromatic heterocycles. The maximum Gasteiger partial charge on any atom is 0.392 e. The van der Waals surface area contributed by atoms with Gasteiger partial charge >= 0.3 is 12.1 Å². The fourth-order valence-corrected chi connectivity index (χ4v) is 2.99. The topological polar surface area (TPSA) is 61.5 Å². The number of ether oxygens (including phenoxy) is 2. The number of hydrogen-bond donors (Lipinski definition) is 1. The highest BCUT2D eigenvalue weighted by Crippen LogP contribution is 2.35. The maximum atomic E-state index is 12.2. The number of thiophene rings is 1. The number of benzene rings is 1. The lowest BCUT2D eigenvalue weighted by Gasteiger charge is -2.18. The Morgan fingerprint density at radius 1 is 1.15 bits per heavy atom. The molecule has 0 amide bonds. The molecule has 1 heterocycles. The summed E-state index contributed by atoms with van der Waals surface area (Å²) in [6.45, 7) is 4.88. The molecular formula is C18H20F3NO3S. The highest BCUT2D eigenvalue weighted by molar-refractivity contribution is 7.18. The zero-order chi connectivity index (χ0) is 19.5. The Hall–Kier alpha value is -2.22. The van der Waals surface area contributed by atoms with Crippen molar-refractivity contribution in [1.82, 2.24) is 0 Å². The van der Waals surface area contributed by atoms with E-state index < -0.39 is 30.8 Å². The molecule has 8 heteroatoms. The van der Waals surface area contributed by atoms with Crippen molar-refractivity contribution in [1.29, 1.82) is 0 Å². The Morgan fingerprint density at radius 3 is 2.31 bits per heavy atom. The Balaban J connectivity index is 2.07. The van der Waals surface area contributed by atoms with Gasteiger partial charge in [0, 0.05) is 4.88 Å². The molecule has 0 saturated heterocycles. The second-order valence-electron chi connectivity index (χ2n) is 6.64. The molecule has 2 rings (SSSR count). The van der Waals surface area contributed by atoms with Crippen molar-refractivity contribution in [3.8, 4) is 16.2 Å². The van der Waals surface area contributed by atoms with Crippen LogP contribution in [0.1, 0.15) is 36.9 Å². The first-order valence-corrected chi connectivity index (χ1v) is 8.69. The smallest absolute Gasteiger partial charge is 0.392 e. The van der Waals surface area contributed by atoms with E-state index in [2.05, 4.69) is 0 Å². The highest BCUT2D eigenvalue weighted by atomic mass is 32.1. The van der Waals surface area contributed by atoms with E-state index in [1.807, 2.05) is 0 Å². The molecule has 4 nitrogen and oxygen atoms in total. The largest absolute Gasteiger partial charge is 0.493 e. The van der Waals surface area contributed by atoms with Gasteiger partial charge < -0.3 is 15.2 Å². The monoisotopic (exact) mass is 387 g/mol. The minimum absolute atomic E-state index is 0.320. The van der Waals surface area contributed by atoms with Crippen LogP contribution in [-0.4, -0.2) is 24.4 Å². The van der Waals surface area contributed by atoms with Gasteiger partial charge in [-0.2, -0.15) is 13.2 Å². The minimum Gasteiger partial charge on any atom is -0.493 e. The zero-order valence-electron chi connectivity index (χ0n) is 14.6. The molecule has 142 valence electrons. The summed E-state index contributed by atoms with van der Waals surface area (Å²) in [6, 6.07) is 8.23. The number of hydrogen-bond acceptors (Lipinski definition) is 5. The van der Waals surface area contributed by atoms with Crippen molar-refractivity contribution in [3.05, 3.63) is 35.2 Å². The second-order valence-corrected chi connectivity index (χ2v) is 7.69. The van der Waals surface area contributed by atoms with Crippen molar-refractivity contribution in [2.24, 2.45) is 0 Å². The molecule has 0 radical (unpaired) electrons. The van der Waals surface area contributed by atoms with Crippen LogP contribution in [0.3, 0.4) is 0 Å². The van der Waals surface area contributed by atoms with Crippen molar-refractivity contribution in [2.45, 2.75) is 39.0 Å². The van der Waals surface area contributed by atoms with Crippen LogP contribution in [0.15, 0.2) is 30.3 Å². The van der Waals surface area contributed by atoms with E-state index >= 15 is 0 Å². The number of carbonyl (C=O) groups is 1. The summed E-state index contributed by atoms with van der Waals surface area (Å²) in [6.07, 6.45) is -5.25. The Bertz CT molecular complexity index is 761. The fourth-order valence-electron chi connectivity index (χ4n) is 2.03. The van der Waals surface area contributed by atoms with E-state index in [-0.39, 0.29) is 0 Å². The van der Waals surface area contributed by atoms with Crippen molar-refractivity contribution < 1.29 is 27.4 Å². The van der Waals surface area contributed by atoms with Crippen LogP contribution < -0.4 is 10.5 Å². The number of alkyl halides is 3. The number of carbonyl (C=O) groups excluding carboxylic acids is 1. The predicted molar refractivity (Wildman–Crippen MR) is 95.5 cm³/mol. The average Bonchev–Trinajstić information content (AvgIpc) is 2.87. The van der Waals surface area contributed by atoms with Gasteiger partial charge in [-0.1, -0.05) is 0 Å². The van der Waals surface area contributed by atoms with E-state index in [1.54, 1.807) is 51.1 Å². The van der Waals surface area contributed by atoms with Crippen LogP contribution in [0.2, 0.25) is 0 Å². The molecule has 2 N–H and O–H groups in total. The van der Waals surface area contributed by atoms with Gasteiger partial charge in [-0.15, -0.1) is 11.3 Å². The molecular weight excluding hydrogens is 367 g/mol. The lowest BCUT2D eigenvalue weighted by molar-refractivity contribution is -0.139. The SMILES string of the molecule is CC(C)(C)OC(=O)c1sc(-c2ccc(OCCC(F)(F)F)cc2)cc1N. The predicted octanol–water partition coefficient (Wildman–Crippen LogP) is 5.28. The van der Waals surface area contributed by atoms with E-state index in [9.17, 15) is 18.0 Å². The van der Waals surface area contributed by atoms with Crippen LogP contribution in [0.25, 0.3) is 10.4 Å². The van der Waals surface area contributed by atoms with Crippen LogP contribution >= 0.6 is 11.3 Å². The molecule has 0 saturated carbocycles. The number of esters is 1. The summed E-state index contributed by atoms with van der Waals surface area (Å²) in [5.74, 6) is -0.145. The first-order valence-electron chi connectivity index (χ1n) is 7.87. The van der Waals surface area contributed by atoms with Gasteiger partial charge in [-0.05, 0) is 56.7 Å². The molecule has 0 bridgehead atoms. The first-order chi connectivity index (χ1) is 11.9. The van der Waals surface area contributed by atoms with Gasteiger partial charge in [0.05, 0.1) is 18.7 Å². The van der Waals surface area contributed by atoms with Crippen LogP contribution in [0.4, 0.5) is 18.9 Å². The van der Waals surface area contributed by atoms with Gasteiger partial charge in [0.15, 0.2) is 0 Å². The van der Waals surface area contributed by atoms with Crippen LogP contribution in [0, 0.1) is 0 Å². The quantitative estimate of drug-likeness (QED) is 0.709. The molecule has 0 spiro atoms. The van der Waals surface area contributed by atoms with Gasteiger partial charge in [0.25, 0.3) is 0 Å². The van der Waals surface area contributed by atoms with E-state index in [4.69, 9.17) is 15.2 Å². The average molecular weight is 387 g/mol. The molecule has 0 aliphatic heterocycles. The molecule has 1 aromatic carbocycles. The van der Waals surface area contributed by atoms with Gasteiger partial charge in [-0.25, -0.2) is 4.79 Å². The van der Waals surface area contributed by atoms with E-state index in [0.29, 0.717) is 16.3 Å².